The van der Waals surface area contributed by atoms with Crippen LogP contribution < -0.4 is 5.32 Å². The number of nitrogens with one attached hydrogen (secondary N) is 1. The van der Waals surface area contributed by atoms with E-state index in [0.717, 1.165) is 26.1 Å². The zero-order valence-corrected chi connectivity index (χ0v) is 11.6. The van der Waals surface area contributed by atoms with Crippen molar-refractivity contribution in [2.75, 3.05) is 32.7 Å². The van der Waals surface area contributed by atoms with Gasteiger partial charge in [-0.2, -0.15) is 0 Å². The molecule has 2 heterocycles. The summed E-state index contributed by atoms with van der Waals surface area (Å²) in [6.07, 6.45) is 2.72. The van der Waals surface area contributed by atoms with Gasteiger partial charge in [0.1, 0.15) is 6.04 Å². The average molecular weight is 285 g/mol. The first-order valence-electron chi connectivity index (χ1n) is 7.25. The van der Waals surface area contributed by atoms with Gasteiger partial charge in [-0.25, -0.2) is 9.59 Å². The number of carboxylic acid groups (broad SMARTS) is 1. The number of aliphatic carboxylic acids is 1. The smallest absolute Gasteiger partial charge is 0.326 e. The number of nitrogens with zero attached hydrogens (tertiary/aromatic N) is 2. The quantitative estimate of drug-likeness (QED) is 0.603. The van der Waals surface area contributed by atoms with Gasteiger partial charge in [0.15, 0.2) is 0 Å². The molecule has 2 atom stereocenters. The van der Waals surface area contributed by atoms with E-state index in [2.05, 4.69) is 10.2 Å². The minimum atomic E-state index is -1.06. The van der Waals surface area contributed by atoms with Crippen LogP contribution >= 0.6 is 0 Å². The van der Waals surface area contributed by atoms with Crippen molar-refractivity contribution in [3.8, 4) is 0 Å². The lowest BCUT2D eigenvalue weighted by Gasteiger charge is -2.22. The fourth-order valence-corrected chi connectivity index (χ4v) is 2.88. The maximum absolute atomic E-state index is 11.9. The number of amides is 2. The van der Waals surface area contributed by atoms with Crippen LogP contribution in [0.25, 0.3) is 0 Å². The number of carbonyl (C=O) groups is 2. The molecule has 0 bridgehead atoms. The second-order valence-electron chi connectivity index (χ2n) is 5.53. The summed E-state index contributed by atoms with van der Waals surface area (Å²) in [5.41, 5.74) is 0. The molecule has 7 heteroatoms. The molecule has 0 aromatic carbocycles. The van der Waals surface area contributed by atoms with E-state index in [4.69, 9.17) is 5.11 Å². The molecule has 0 radical (unpaired) electrons. The predicted octanol–water partition coefficient (Wildman–Crippen LogP) is -0.298. The molecular formula is C13H23N3O4. The highest BCUT2D eigenvalue weighted by atomic mass is 16.4. The van der Waals surface area contributed by atoms with E-state index in [-0.39, 0.29) is 13.0 Å². The lowest BCUT2D eigenvalue weighted by Crippen LogP contribution is -2.46. The molecule has 0 spiro atoms. The first kappa shape index (κ1) is 15.1. The zero-order valence-electron chi connectivity index (χ0n) is 11.6. The van der Waals surface area contributed by atoms with Crippen LogP contribution in [0.1, 0.15) is 25.7 Å². The number of hydrogen-bond acceptors (Lipinski definition) is 4. The Bertz CT molecular complexity index is 358. The third-order valence-corrected chi connectivity index (χ3v) is 3.95. The number of aliphatic hydroxyl groups is 1. The minimum absolute atomic E-state index is 0.0922. The Labute approximate surface area is 118 Å². The summed E-state index contributed by atoms with van der Waals surface area (Å²) >= 11 is 0. The molecule has 2 fully saturated rings. The molecule has 0 aromatic heterocycles. The third-order valence-electron chi connectivity index (χ3n) is 3.95. The highest BCUT2D eigenvalue weighted by molar-refractivity contribution is 5.83. The van der Waals surface area contributed by atoms with Gasteiger partial charge in [0.2, 0.25) is 0 Å². The summed E-state index contributed by atoms with van der Waals surface area (Å²) in [6, 6.07) is -1.31. The van der Waals surface area contributed by atoms with Crippen LogP contribution in [-0.4, -0.2) is 76.9 Å². The standard InChI is InChI=1S/C13H23N3O4/c17-10-8-11(12(18)19)16(9-10)13(20)14-4-3-7-15-5-1-2-6-15/h10-11,17H,1-9H2,(H,14,20)(H,18,19). The van der Waals surface area contributed by atoms with Gasteiger partial charge in [0, 0.05) is 19.5 Å². The van der Waals surface area contributed by atoms with Crippen LogP contribution in [0.15, 0.2) is 0 Å². The fourth-order valence-electron chi connectivity index (χ4n) is 2.88. The third kappa shape index (κ3) is 3.83. The van der Waals surface area contributed by atoms with Crippen molar-refractivity contribution in [2.24, 2.45) is 0 Å². The number of β-amino-alcohol motifs (C(OH)–C–C–N with tert-alkyl or cyclic N) is 1. The lowest BCUT2D eigenvalue weighted by molar-refractivity contribution is -0.141. The molecule has 20 heavy (non-hydrogen) atoms. The Balaban J connectivity index is 1.69. The van der Waals surface area contributed by atoms with Crippen LogP contribution in [0, 0.1) is 0 Å². The number of hydrogen-bond donors (Lipinski definition) is 3. The first-order chi connectivity index (χ1) is 9.58. The second-order valence-corrected chi connectivity index (χ2v) is 5.53. The van der Waals surface area contributed by atoms with Crippen molar-refractivity contribution in [1.82, 2.24) is 15.1 Å². The molecular weight excluding hydrogens is 262 g/mol. The van der Waals surface area contributed by atoms with Gasteiger partial charge >= 0.3 is 12.0 Å². The number of rotatable bonds is 5. The Hall–Kier alpha value is -1.34. The summed E-state index contributed by atoms with van der Waals surface area (Å²) < 4.78 is 0. The van der Waals surface area contributed by atoms with Crippen LogP contribution in [0.5, 0.6) is 0 Å². The first-order valence-corrected chi connectivity index (χ1v) is 7.25. The molecule has 2 aliphatic rings. The number of urea groups is 1. The molecule has 2 amide bonds. The van der Waals surface area contributed by atoms with Gasteiger partial charge in [-0.1, -0.05) is 0 Å². The van der Waals surface area contributed by atoms with Crippen molar-refractivity contribution in [3.05, 3.63) is 0 Å². The Kier molecular flexibility index (Phi) is 5.19. The Morgan fingerprint density at radius 1 is 1.25 bits per heavy atom. The minimum Gasteiger partial charge on any atom is -0.480 e. The molecule has 0 saturated carbocycles. The Morgan fingerprint density at radius 2 is 1.95 bits per heavy atom. The lowest BCUT2D eigenvalue weighted by atomic mass is 10.2. The topological polar surface area (TPSA) is 93.1 Å². The predicted molar refractivity (Wildman–Crippen MR) is 72.4 cm³/mol. The summed E-state index contributed by atoms with van der Waals surface area (Å²) in [7, 11) is 0. The maximum Gasteiger partial charge on any atom is 0.326 e. The molecule has 2 aliphatic heterocycles. The molecule has 2 rings (SSSR count). The van der Waals surface area contributed by atoms with E-state index in [1.165, 1.54) is 17.7 Å². The van der Waals surface area contributed by atoms with E-state index >= 15 is 0 Å². The summed E-state index contributed by atoms with van der Waals surface area (Å²) in [5.74, 6) is -1.06. The molecule has 114 valence electrons. The van der Waals surface area contributed by atoms with Crippen molar-refractivity contribution in [3.63, 3.8) is 0 Å². The van der Waals surface area contributed by atoms with Crippen LogP contribution in [0.2, 0.25) is 0 Å². The van der Waals surface area contributed by atoms with Gasteiger partial charge in [0.05, 0.1) is 6.10 Å². The summed E-state index contributed by atoms with van der Waals surface area (Å²) in [4.78, 5) is 26.5. The summed E-state index contributed by atoms with van der Waals surface area (Å²) in [6.45, 7) is 3.86. The fraction of sp³-hybridized carbons (Fsp3) is 0.846. The molecule has 0 aromatic rings. The number of carbonyl (C=O) groups excluding carboxylic acids is 1. The normalized spacial score (nSPS) is 26.9. The Morgan fingerprint density at radius 3 is 2.60 bits per heavy atom. The molecule has 3 N–H and O–H groups in total. The number of likely N-dealkylation sites (tertiary alicyclic amines) is 2. The van der Waals surface area contributed by atoms with E-state index in [0.29, 0.717) is 6.54 Å². The molecule has 2 unspecified atom stereocenters. The van der Waals surface area contributed by atoms with Gasteiger partial charge < -0.3 is 25.3 Å². The molecule has 2 saturated heterocycles. The molecule has 0 aliphatic carbocycles. The van der Waals surface area contributed by atoms with Gasteiger partial charge in [-0.05, 0) is 38.9 Å². The van der Waals surface area contributed by atoms with E-state index in [1.807, 2.05) is 0 Å². The van der Waals surface area contributed by atoms with E-state index in [1.54, 1.807) is 0 Å². The number of carboxylic acids is 1. The SMILES string of the molecule is O=C(O)C1CC(O)CN1C(=O)NCCCN1CCCC1. The number of aliphatic hydroxyl groups excluding tert-OH is 1. The highest BCUT2D eigenvalue weighted by Crippen LogP contribution is 2.18. The van der Waals surface area contributed by atoms with Crippen LogP contribution in [0.3, 0.4) is 0 Å². The summed E-state index contributed by atoms with van der Waals surface area (Å²) in [5, 5.41) is 21.3. The monoisotopic (exact) mass is 285 g/mol. The zero-order chi connectivity index (χ0) is 14.5. The van der Waals surface area contributed by atoms with Crippen molar-refractivity contribution in [1.29, 1.82) is 0 Å². The van der Waals surface area contributed by atoms with Gasteiger partial charge in [0.25, 0.3) is 0 Å². The van der Waals surface area contributed by atoms with Crippen LogP contribution in [0.4, 0.5) is 4.79 Å². The highest BCUT2D eigenvalue weighted by Gasteiger charge is 2.38. The van der Waals surface area contributed by atoms with Crippen molar-refractivity contribution >= 4 is 12.0 Å². The average Bonchev–Trinajstić information content (AvgIpc) is 3.03. The van der Waals surface area contributed by atoms with Crippen molar-refractivity contribution in [2.45, 2.75) is 37.8 Å². The second kappa shape index (κ2) is 6.90. The van der Waals surface area contributed by atoms with E-state index < -0.39 is 24.1 Å². The van der Waals surface area contributed by atoms with Gasteiger partial charge in [-0.3, -0.25) is 0 Å². The largest absolute Gasteiger partial charge is 0.480 e. The van der Waals surface area contributed by atoms with Crippen molar-refractivity contribution < 1.29 is 19.8 Å². The van der Waals surface area contributed by atoms with Gasteiger partial charge in [-0.15, -0.1) is 0 Å². The molecule has 7 nitrogen and oxygen atoms in total. The van der Waals surface area contributed by atoms with E-state index in [9.17, 15) is 14.7 Å². The van der Waals surface area contributed by atoms with Crippen LogP contribution in [-0.2, 0) is 4.79 Å². The maximum atomic E-state index is 11.9.